The van der Waals surface area contributed by atoms with E-state index in [2.05, 4.69) is 156 Å². The predicted octanol–water partition coefficient (Wildman–Crippen LogP) is 9.69. The fourth-order valence-electron chi connectivity index (χ4n) is 8.10. The third-order valence-corrected chi connectivity index (χ3v) is 10.9. The number of anilines is 1. The Morgan fingerprint density at radius 1 is 0.860 bits per heavy atom. The van der Waals surface area contributed by atoms with Crippen LogP contribution in [-0.4, -0.2) is 47.5 Å². The van der Waals surface area contributed by atoms with E-state index in [1.54, 1.807) is 0 Å². The van der Waals surface area contributed by atoms with Gasteiger partial charge in [-0.15, -0.1) is 0 Å². The highest BCUT2D eigenvalue weighted by Gasteiger charge is 2.47. The number of nitrogens with zero attached hydrogens (tertiary/aromatic N) is 2. The molecule has 0 aliphatic carbocycles. The van der Waals surface area contributed by atoms with Crippen LogP contribution < -0.4 is 4.90 Å². The SMILES string of the molecule is CC1(C)C(/C=C/C(Br)=C/C=C2\N(CCOC=O)c3c(ccc4ccccc34)C2(C)C)=[N+](CCC(=O)O)c2c1c1ccccc1c1ccccc21. The van der Waals surface area contributed by atoms with Gasteiger partial charge in [-0.05, 0) is 65.3 Å². The standard InChI is InChI=1S/C43H39BrN2O4/c1-42(2)35-20-17-28-11-5-6-12-30(28)40(35)46(25-26-50-27-47)36(42)21-18-29(44)19-22-37-43(3,4)39-33-15-9-7-13-31(33)32-14-8-10-16-34(32)41(39)45(37)24-23-38(48)49/h5-22,27H,23-26H2,1-4H3/p+1. The number of ether oxygens (including phenoxy) is 1. The van der Waals surface area contributed by atoms with Gasteiger partial charge in [-0.25, -0.2) is 0 Å². The van der Waals surface area contributed by atoms with Gasteiger partial charge in [0.15, 0.2) is 12.3 Å². The smallest absolute Gasteiger partial charge is 0.309 e. The van der Waals surface area contributed by atoms with Crippen LogP contribution in [0.4, 0.5) is 11.4 Å². The summed E-state index contributed by atoms with van der Waals surface area (Å²) in [7, 11) is 0. The van der Waals surface area contributed by atoms with Crippen molar-refractivity contribution in [3.63, 3.8) is 0 Å². The molecular weight excluding hydrogens is 688 g/mol. The first-order valence-electron chi connectivity index (χ1n) is 17.0. The van der Waals surface area contributed by atoms with Gasteiger partial charge in [-0.1, -0.05) is 109 Å². The number of aliphatic carboxylic acids is 1. The Labute approximate surface area is 300 Å². The molecule has 1 N–H and O–H groups in total. The number of carbonyl (C=O) groups is 2. The Balaban J connectivity index is 1.32. The summed E-state index contributed by atoms with van der Waals surface area (Å²) in [6, 6.07) is 29.7. The number of allylic oxidation sites excluding steroid dienone is 6. The van der Waals surface area contributed by atoms with Gasteiger partial charge in [0.25, 0.3) is 6.47 Å². The summed E-state index contributed by atoms with van der Waals surface area (Å²) in [6.07, 6.45) is 8.42. The van der Waals surface area contributed by atoms with Crippen LogP contribution >= 0.6 is 15.9 Å². The zero-order valence-electron chi connectivity index (χ0n) is 28.7. The monoisotopic (exact) mass is 727 g/mol. The number of halogens is 1. The van der Waals surface area contributed by atoms with E-state index >= 15 is 0 Å². The van der Waals surface area contributed by atoms with Crippen LogP contribution in [-0.2, 0) is 25.2 Å². The molecule has 0 saturated heterocycles. The highest BCUT2D eigenvalue weighted by molar-refractivity contribution is 9.11. The van der Waals surface area contributed by atoms with Gasteiger partial charge in [0, 0.05) is 32.6 Å². The molecule has 7 rings (SSSR count). The third kappa shape index (κ3) is 5.54. The van der Waals surface area contributed by atoms with E-state index in [1.807, 2.05) is 6.07 Å². The molecule has 2 heterocycles. The average molecular weight is 729 g/mol. The highest BCUT2D eigenvalue weighted by atomic mass is 79.9. The van der Waals surface area contributed by atoms with Crippen LogP contribution in [0.5, 0.6) is 0 Å². The molecule has 5 aromatic rings. The molecule has 7 heteroatoms. The van der Waals surface area contributed by atoms with E-state index < -0.39 is 11.4 Å². The summed E-state index contributed by atoms with van der Waals surface area (Å²) >= 11 is 3.84. The first-order valence-corrected chi connectivity index (χ1v) is 17.8. The van der Waals surface area contributed by atoms with Crippen LogP contribution in [0.1, 0.15) is 45.2 Å². The van der Waals surface area contributed by atoms with Gasteiger partial charge in [0.05, 0.1) is 23.0 Å². The summed E-state index contributed by atoms with van der Waals surface area (Å²) in [6.45, 7) is 10.6. The van der Waals surface area contributed by atoms with Gasteiger partial charge in [-0.2, -0.15) is 4.58 Å². The van der Waals surface area contributed by atoms with Crippen molar-refractivity contribution in [3.8, 4) is 0 Å². The molecule has 0 bridgehead atoms. The maximum atomic E-state index is 11.9. The fraction of sp³-hybridized carbons (Fsp3) is 0.233. The summed E-state index contributed by atoms with van der Waals surface area (Å²) in [5.41, 5.74) is 6.11. The van der Waals surface area contributed by atoms with E-state index in [0.29, 0.717) is 19.6 Å². The van der Waals surface area contributed by atoms with Gasteiger partial charge in [0.1, 0.15) is 13.0 Å². The van der Waals surface area contributed by atoms with E-state index in [0.717, 1.165) is 48.8 Å². The van der Waals surface area contributed by atoms with Crippen molar-refractivity contribution in [2.75, 3.05) is 24.6 Å². The molecule has 0 saturated carbocycles. The summed E-state index contributed by atoms with van der Waals surface area (Å²) in [5, 5.41) is 16.8. The van der Waals surface area contributed by atoms with E-state index in [-0.39, 0.29) is 18.4 Å². The van der Waals surface area contributed by atoms with Crippen molar-refractivity contribution in [2.24, 2.45) is 0 Å². The number of carboxylic acids is 1. The Kier molecular flexibility index (Phi) is 8.73. The minimum atomic E-state index is -0.826. The zero-order chi connectivity index (χ0) is 35.2. The Morgan fingerprint density at radius 3 is 2.20 bits per heavy atom. The Morgan fingerprint density at radius 2 is 1.50 bits per heavy atom. The van der Waals surface area contributed by atoms with E-state index in [1.165, 1.54) is 21.9 Å². The van der Waals surface area contributed by atoms with Crippen LogP contribution in [0, 0.1) is 0 Å². The van der Waals surface area contributed by atoms with Crippen molar-refractivity contribution in [2.45, 2.75) is 44.9 Å². The molecule has 0 atom stereocenters. The molecule has 5 aromatic carbocycles. The lowest BCUT2D eigenvalue weighted by Gasteiger charge is -2.27. The van der Waals surface area contributed by atoms with Crippen molar-refractivity contribution in [3.05, 3.63) is 131 Å². The Hall–Kier alpha value is -5.01. The molecule has 50 heavy (non-hydrogen) atoms. The van der Waals surface area contributed by atoms with E-state index in [4.69, 9.17) is 4.74 Å². The second kappa shape index (κ2) is 13.0. The molecule has 0 aromatic heterocycles. The molecule has 2 aliphatic rings. The number of fused-ring (bicyclic) bond motifs is 9. The van der Waals surface area contributed by atoms with Crippen LogP contribution in [0.15, 0.2) is 119 Å². The van der Waals surface area contributed by atoms with Gasteiger partial charge >= 0.3 is 5.97 Å². The predicted molar refractivity (Wildman–Crippen MR) is 207 cm³/mol. The maximum absolute atomic E-state index is 11.9. The quantitative estimate of drug-likeness (QED) is 0.0510. The lowest BCUT2D eigenvalue weighted by Crippen LogP contribution is -2.29. The number of carbonyl (C=O) groups excluding carboxylic acids is 1. The number of benzene rings is 5. The number of hydrogen-bond donors (Lipinski definition) is 1. The molecule has 0 spiro atoms. The van der Waals surface area contributed by atoms with Crippen molar-refractivity contribution < 1.29 is 24.0 Å². The number of rotatable bonds is 10. The molecule has 0 radical (unpaired) electrons. The lowest BCUT2D eigenvalue weighted by molar-refractivity contribution is -0.435. The molecular formula is C43H40BrN2O4+. The van der Waals surface area contributed by atoms with Crippen molar-refractivity contribution in [1.29, 1.82) is 0 Å². The number of hydrogen-bond acceptors (Lipinski definition) is 4. The molecule has 0 unspecified atom stereocenters. The van der Waals surface area contributed by atoms with Crippen LogP contribution in [0.3, 0.4) is 0 Å². The first-order chi connectivity index (χ1) is 24.1. The molecule has 0 fully saturated rings. The fourth-order valence-corrected chi connectivity index (χ4v) is 8.37. The Bertz CT molecular complexity index is 2330. The summed E-state index contributed by atoms with van der Waals surface area (Å²) < 4.78 is 8.26. The largest absolute Gasteiger partial charge is 0.481 e. The second-order valence-electron chi connectivity index (χ2n) is 14.0. The van der Waals surface area contributed by atoms with Crippen LogP contribution in [0.2, 0.25) is 0 Å². The van der Waals surface area contributed by atoms with Gasteiger partial charge in [0.2, 0.25) is 5.69 Å². The minimum Gasteiger partial charge on any atom is -0.481 e. The van der Waals surface area contributed by atoms with Gasteiger partial charge < -0.3 is 14.7 Å². The highest BCUT2D eigenvalue weighted by Crippen LogP contribution is 2.51. The third-order valence-electron chi connectivity index (χ3n) is 10.4. The van der Waals surface area contributed by atoms with Crippen molar-refractivity contribution >= 4 is 77.8 Å². The first kappa shape index (κ1) is 33.5. The summed E-state index contributed by atoms with van der Waals surface area (Å²) in [4.78, 5) is 25.2. The van der Waals surface area contributed by atoms with Gasteiger partial charge in [-0.3, -0.25) is 9.59 Å². The summed E-state index contributed by atoms with van der Waals surface area (Å²) in [5.74, 6) is -0.826. The maximum Gasteiger partial charge on any atom is 0.309 e. The van der Waals surface area contributed by atoms with Crippen molar-refractivity contribution in [1.82, 2.24) is 0 Å². The number of carboxylic acid groups (broad SMARTS) is 1. The zero-order valence-corrected chi connectivity index (χ0v) is 30.3. The molecule has 2 aliphatic heterocycles. The van der Waals surface area contributed by atoms with E-state index in [9.17, 15) is 14.7 Å². The second-order valence-corrected chi connectivity index (χ2v) is 14.9. The molecule has 6 nitrogen and oxygen atoms in total. The lowest BCUT2D eigenvalue weighted by atomic mass is 9.78. The minimum absolute atomic E-state index is 0.0189. The molecule has 252 valence electrons. The average Bonchev–Trinajstić information content (AvgIpc) is 3.47. The van der Waals surface area contributed by atoms with Crippen LogP contribution in [0.25, 0.3) is 32.3 Å². The normalized spacial score (nSPS) is 17.3. The topological polar surface area (TPSA) is 69.8 Å². The molecule has 0 amide bonds.